The lowest BCUT2D eigenvalue weighted by atomic mass is 9.87. The van der Waals surface area contributed by atoms with Crippen LogP contribution in [-0.4, -0.2) is 91.6 Å². The predicted octanol–water partition coefficient (Wildman–Crippen LogP) is 3.82. The van der Waals surface area contributed by atoms with Gasteiger partial charge in [0.05, 0.1) is 41.1 Å². The van der Waals surface area contributed by atoms with E-state index in [-0.39, 0.29) is 12.2 Å². The molecule has 11 heteroatoms. The molecule has 0 aliphatic carbocycles. The van der Waals surface area contributed by atoms with Crippen LogP contribution < -0.4 is 10.9 Å². The van der Waals surface area contributed by atoms with Gasteiger partial charge in [-0.15, -0.1) is 0 Å². The van der Waals surface area contributed by atoms with Gasteiger partial charge >= 0.3 is 0 Å². The Balaban J connectivity index is 1.15. The van der Waals surface area contributed by atoms with Gasteiger partial charge in [-0.25, -0.2) is 4.98 Å². The van der Waals surface area contributed by atoms with Gasteiger partial charge in [0.25, 0.3) is 5.56 Å². The summed E-state index contributed by atoms with van der Waals surface area (Å²) >= 11 is 5.97. The lowest BCUT2D eigenvalue weighted by Gasteiger charge is -2.41. The van der Waals surface area contributed by atoms with Gasteiger partial charge in [0.2, 0.25) is 0 Å². The number of halogens is 1. The third kappa shape index (κ3) is 6.21. The molecule has 0 unspecified atom stereocenters. The van der Waals surface area contributed by atoms with Crippen LogP contribution >= 0.6 is 11.6 Å². The van der Waals surface area contributed by atoms with Crippen molar-refractivity contribution in [3.05, 3.63) is 63.3 Å². The zero-order chi connectivity index (χ0) is 28.3. The zero-order valence-electron chi connectivity index (χ0n) is 23.6. The molecule has 4 N–H and O–H groups in total. The molecule has 2 fully saturated rings. The van der Waals surface area contributed by atoms with Gasteiger partial charge in [-0.3, -0.25) is 9.48 Å². The summed E-state index contributed by atoms with van der Waals surface area (Å²) < 4.78 is 1.76. The topological polar surface area (TPSA) is 118 Å². The van der Waals surface area contributed by atoms with Crippen molar-refractivity contribution >= 4 is 28.3 Å². The van der Waals surface area contributed by atoms with Crippen LogP contribution in [0.3, 0.4) is 0 Å². The number of anilines is 1. The van der Waals surface area contributed by atoms with Crippen molar-refractivity contribution < 1.29 is 5.11 Å². The molecule has 2 aliphatic heterocycles. The molecule has 0 bridgehead atoms. The Hall–Kier alpha value is -3.18. The molecule has 218 valence electrons. The first kappa shape index (κ1) is 28.0. The van der Waals surface area contributed by atoms with E-state index in [1.807, 2.05) is 6.07 Å². The van der Waals surface area contributed by atoms with Gasteiger partial charge < -0.3 is 30.2 Å². The van der Waals surface area contributed by atoms with Crippen molar-refractivity contribution in [2.75, 3.05) is 51.2 Å². The van der Waals surface area contributed by atoms with Crippen LogP contribution in [0.4, 0.5) is 5.69 Å². The Labute approximate surface area is 244 Å². The summed E-state index contributed by atoms with van der Waals surface area (Å²) in [5.41, 5.74) is 5.37. The molecule has 0 spiro atoms. The first-order valence-electron chi connectivity index (χ1n) is 14.7. The minimum Gasteiger partial charge on any atom is -0.395 e. The van der Waals surface area contributed by atoms with Crippen molar-refractivity contribution in [3.63, 3.8) is 0 Å². The highest BCUT2D eigenvalue weighted by molar-refractivity contribution is 6.30. The monoisotopic (exact) mass is 578 g/mol. The number of aliphatic hydroxyl groups excluding tert-OH is 1. The molecule has 5 heterocycles. The number of β-amino-alcohol motifs (C(OH)–C–C–N with tert-alkyl or cyclic N) is 1. The van der Waals surface area contributed by atoms with E-state index in [0.717, 1.165) is 67.8 Å². The molecule has 0 radical (unpaired) electrons. The van der Waals surface area contributed by atoms with Gasteiger partial charge in [-0.2, -0.15) is 5.10 Å². The second-order valence-corrected chi connectivity index (χ2v) is 11.8. The fourth-order valence-electron chi connectivity index (χ4n) is 6.55. The standard InChI is InChI=1S/C30H39ClN8O2/c1-20-16-22(21-3-11-38(12-4-21)24-5-9-37(10-6-24)14-15-40)17-26-28(20)36-29(35-26)27-25(2-7-33-30(27)41)32-8-13-39-19-23(31)18-34-39/h2,7,16-19,21,24,40H,3-6,8-15H2,1H3,(H,35,36)(H2,32,33,41). The van der Waals surface area contributed by atoms with E-state index in [1.165, 1.54) is 18.4 Å². The number of H-pyrrole nitrogens is 2. The van der Waals surface area contributed by atoms with Crippen LogP contribution in [0.15, 0.2) is 41.6 Å². The first-order chi connectivity index (χ1) is 20.0. The van der Waals surface area contributed by atoms with Crippen molar-refractivity contribution in [2.45, 2.75) is 51.1 Å². The van der Waals surface area contributed by atoms with E-state index in [4.69, 9.17) is 16.6 Å². The van der Waals surface area contributed by atoms with Crippen LogP contribution in [0.1, 0.15) is 42.7 Å². The maximum atomic E-state index is 13.0. The normalized spacial score (nSPS) is 17.9. The number of rotatable bonds is 9. The number of piperidine rings is 2. The van der Waals surface area contributed by atoms with Crippen LogP contribution in [0.2, 0.25) is 5.02 Å². The minimum atomic E-state index is -0.191. The molecule has 6 rings (SSSR count). The minimum absolute atomic E-state index is 0.191. The summed E-state index contributed by atoms with van der Waals surface area (Å²) in [5, 5.41) is 17.4. The summed E-state index contributed by atoms with van der Waals surface area (Å²) in [6.45, 7) is 8.77. The van der Waals surface area contributed by atoms with Crippen molar-refractivity contribution in [1.82, 2.24) is 34.5 Å². The molecule has 4 aromatic rings. The quantitative estimate of drug-likeness (QED) is 0.238. The number of aliphatic hydroxyl groups is 1. The lowest BCUT2D eigenvalue weighted by Crippen LogP contribution is -2.47. The summed E-state index contributed by atoms with van der Waals surface area (Å²) in [6, 6.07) is 7.04. The molecule has 2 aliphatic rings. The van der Waals surface area contributed by atoms with Crippen molar-refractivity contribution in [3.8, 4) is 11.4 Å². The highest BCUT2D eigenvalue weighted by Gasteiger charge is 2.29. The van der Waals surface area contributed by atoms with Gasteiger partial charge in [0.15, 0.2) is 0 Å². The second kappa shape index (κ2) is 12.4. The zero-order valence-corrected chi connectivity index (χ0v) is 24.3. The molecule has 0 atom stereocenters. The maximum Gasteiger partial charge on any atom is 0.261 e. The number of aromatic nitrogens is 5. The number of pyridine rings is 1. The smallest absolute Gasteiger partial charge is 0.261 e. The highest BCUT2D eigenvalue weighted by atomic mass is 35.5. The molecule has 2 saturated heterocycles. The van der Waals surface area contributed by atoms with Gasteiger partial charge in [0.1, 0.15) is 11.4 Å². The van der Waals surface area contributed by atoms with E-state index < -0.39 is 0 Å². The van der Waals surface area contributed by atoms with E-state index in [1.54, 1.807) is 23.3 Å². The fourth-order valence-corrected chi connectivity index (χ4v) is 6.70. The Morgan fingerprint density at radius 1 is 1.12 bits per heavy atom. The van der Waals surface area contributed by atoms with E-state index in [0.29, 0.717) is 41.5 Å². The van der Waals surface area contributed by atoms with Gasteiger partial charge in [0, 0.05) is 31.5 Å². The number of hydrogen-bond acceptors (Lipinski definition) is 7. The van der Waals surface area contributed by atoms with Crippen LogP contribution in [0.5, 0.6) is 0 Å². The molecular weight excluding hydrogens is 540 g/mol. The van der Waals surface area contributed by atoms with Gasteiger partial charge in [-0.1, -0.05) is 17.7 Å². The second-order valence-electron chi connectivity index (χ2n) is 11.4. The van der Waals surface area contributed by atoms with Crippen LogP contribution in [-0.2, 0) is 6.54 Å². The largest absolute Gasteiger partial charge is 0.395 e. The van der Waals surface area contributed by atoms with E-state index in [2.05, 4.69) is 49.2 Å². The average molecular weight is 579 g/mol. The number of aromatic amines is 2. The Morgan fingerprint density at radius 2 is 1.93 bits per heavy atom. The van der Waals surface area contributed by atoms with Gasteiger partial charge in [-0.05, 0) is 88.0 Å². The van der Waals surface area contributed by atoms with Crippen molar-refractivity contribution in [1.29, 1.82) is 0 Å². The summed E-state index contributed by atoms with van der Waals surface area (Å²) in [7, 11) is 0. The fraction of sp³-hybridized carbons (Fsp3) is 0.500. The summed E-state index contributed by atoms with van der Waals surface area (Å²) in [5.74, 6) is 1.08. The number of fused-ring (bicyclic) bond motifs is 1. The molecule has 41 heavy (non-hydrogen) atoms. The molecule has 1 aromatic carbocycles. The van der Waals surface area contributed by atoms with Crippen molar-refractivity contribution in [2.24, 2.45) is 0 Å². The third-order valence-corrected chi connectivity index (χ3v) is 8.94. The Morgan fingerprint density at radius 3 is 2.66 bits per heavy atom. The first-order valence-corrected chi connectivity index (χ1v) is 15.1. The van der Waals surface area contributed by atoms with Crippen LogP contribution in [0, 0.1) is 6.92 Å². The third-order valence-electron chi connectivity index (χ3n) is 8.75. The number of hydrogen-bond donors (Lipinski definition) is 4. The number of nitrogens with zero attached hydrogens (tertiary/aromatic N) is 5. The number of nitrogens with one attached hydrogen (secondary N) is 3. The van der Waals surface area contributed by atoms with E-state index >= 15 is 0 Å². The number of likely N-dealkylation sites (tertiary alicyclic amines) is 2. The molecule has 3 aromatic heterocycles. The lowest BCUT2D eigenvalue weighted by molar-refractivity contribution is 0.0793. The molecule has 0 amide bonds. The number of benzene rings is 1. The maximum absolute atomic E-state index is 13.0. The molecular formula is C30H39ClN8O2. The number of aryl methyl sites for hydroxylation is 1. The molecule has 0 saturated carbocycles. The Bertz CT molecular complexity index is 1530. The average Bonchev–Trinajstić information content (AvgIpc) is 3.60. The predicted molar refractivity (Wildman–Crippen MR) is 163 cm³/mol. The van der Waals surface area contributed by atoms with E-state index in [9.17, 15) is 9.90 Å². The SMILES string of the molecule is Cc1cc(C2CCN(C3CCN(CCO)CC3)CC2)cc2[nH]c(-c3c(NCCn4cc(Cl)cn4)cc[nH]c3=O)nc12. The highest BCUT2D eigenvalue weighted by Crippen LogP contribution is 2.34. The summed E-state index contributed by atoms with van der Waals surface area (Å²) in [6.07, 6.45) is 9.72. The molecule has 10 nitrogen and oxygen atoms in total. The Kier molecular flexibility index (Phi) is 8.43. The van der Waals surface area contributed by atoms with Crippen LogP contribution in [0.25, 0.3) is 22.4 Å². The number of imidazole rings is 1. The summed E-state index contributed by atoms with van der Waals surface area (Å²) in [4.78, 5) is 29.2.